The summed E-state index contributed by atoms with van der Waals surface area (Å²) in [6, 6.07) is 8.48. The van der Waals surface area contributed by atoms with E-state index < -0.39 is 0 Å². The third kappa shape index (κ3) is 2.32. The second-order valence-corrected chi connectivity index (χ2v) is 6.14. The highest BCUT2D eigenvalue weighted by Gasteiger charge is 2.39. The van der Waals surface area contributed by atoms with Crippen LogP contribution in [0.3, 0.4) is 0 Å². The lowest BCUT2D eigenvalue weighted by Crippen LogP contribution is -2.46. The molecule has 2 heteroatoms. The van der Waals surface area contributed by atoms with Gasteiger partial charge in [-0.3, -0.25) is 4.90 Å². The number of likely N-dealkylation sites (tertiary alicyclic amines) is 1. The second-order valence-electron chi connectivity index (χ2n) is 6.14. The molecule has 1 aliphatic carbocycles. The summed E-state index contributed by atoms with van der Waals surface area (Å²) in [5.41, 5.74) is 10.6. The predicted molar refractivity (Wildman–Crippen MR) is 75.6 cm³/mol. The van der Waals surface area contributed by atoms with E-state index in [-0.39, 0.29) is 0 Å². The van der Waals surface area contributed by atoms with Crippen molar-refractivity contribution in [1.82, 2.24) is 4.90 Å². The Morgan fingerprint density at radius 2 is 1.72 bits per heavy atom. The van der Waals surface area contributed by atoms with Crippen LogP contribution in [0.25, 0.3) is 0 Å². The van der Waals surface area contributed by atoms with E-state index in [1.807, 2.05) is 0 Å². The molecule has 1 saturated carbocycles. The van der Waals surface area contributed by atoms with Crippen LogP contribution in [0, 0.1) is 13.8 Å². The molecule has 0 aromatic heterocycles. The van der Waals surface area contributed by atoms with E-state index in [0.717, 1.165) is 6.04 Å². The summed E-state index contributed by atoms with van der Waals surface area (Å²) in [6.45, 7) is 5.61. The van der Waals surface area contributed by atoms with Gasteiger partial charge in [0.25, 0.3) is 0 Å². The summed E-state index contributed by atoms with van der Waals surface area (Å²) < 4.78 is 0. The molecule has 0 amide bonds. The molecule has 18 heavy (non-hydrogen) atoms. The van der Waals surface area contributed by atoms with Gasteiger partial charge in [0.05, 0.1) is 6.04 Å². The Morgan fingerprint density at radius 3 is 2.33 bits per heavy atom. The Morgan fingerprint density at radius 1 is 1.06 bits per heavy atom. The fourth-order valence-corrected chi connectivity index (χ4v) is 3.49. The molecule has 0 radical (unpaired) electrons. The molecular weight excluding hydrogens is 220 g/mol. The van der Waals surface area contributed by atoms with E-state index in [2.05, 4.69) is 36.9 Å². The molecule has 0 spiro atoms. The van der Waals surface area contributed by atoms with E-state index in [9.17, 15) is 0 Å². The van der Waals surface area contributed by atoms with Gasteiger partial charge in [0.15, 0.2) is 0 Å². The lowest BCUT2D eigenvalue weighted by Gasteiger charge is -2.40. The van der Waals surface area contributed by atoms with Gasteiger partial charge < -0.3 is 5.73 Å². The maximum Gasteiger partial charge on any atom is 0.0502 e. The minimum absolute atomic E-state index is 0.306. The van der Waals surface area contributed by atoms with Crippen LogP contribution in [0.15, 0.2) is 18.2 Å². The van der Waals surface area contributed by atoms with Crippen molar-refractivity contribution >= 4 is 0 Å². The number of hydrogen-bond acceptors (Lipinski definition) is 2. The van der Waals surface area contributed by atoms with Gasteiger partial charge in [-0.25, -0.2) is 0 Å². The number of benzene rings is 1. The first-order valence-electron chi connectivity index (χ1n) is 7.24. The number of nitrogens with zero attached hydrogens (tertiary/aromatic N) is 1. The Labute approximate surface area is 110 Å². The first-order chi connectivity index (χ1) is 8.65. The van der Waals surface area contributed by atoms with Crippen molar-refractivity contribution in [3.63, 3.8) is 0 Å². The summed E-state index contributed by atoms with van der Waals surface area (Å²) in [4.78, 5) is 2.67. The maximum atomic E-state index is 6.43. The number of hydrogen-bond donors (Lipinski definition) is 1. The standard InChI is InChI=1S/C16H24N2/c1-11-8-12(2)10-13(9-11)16-15(17)4-3-7-18(16)14-5-6-14/h8-10,14-16H,3-7,17H2,1-2H3. The van der Waals surface area contributed by atoms with E-state index in [1.165, 1.54) is 48.9 Å². The number of nitrogens with two attached hydrogens (primary N) is 1. The highest BCUT2D eigenvalue weighted by atomic mass is 15.2. The number of piperidine rings is 1. The quantitative estimate of drug-likeness (QED) is 0.866. The van der Waals surface area contributed by atoms with Gasteiger partial charge in [0.1, 0.15) is 0 Å². The molecule has 1 heterocycles. The van der Waals surface area contributed by atoms with Gasteiger partial charge in [-0.15, -0.1) is 0 Å². The fraction of sp³-hybridized carbons (Fsp3) is 0.625. The van der Waals surface area contributed by atoms with Crippen LogP contribution in [0.2, 0.25) is 0 Å². The van der Waals surface area contributed by atoms with Gasteiger partial charge >= 0.3 is 0 Å². The van der Waals surface area contributed by atoms with Crippen LogP contribution in [0.4, 0.5) is 0 Å². The van der Waals surface area contributed by atoms with Gasteiger partial charge in [-0.2, -0.15) is 0 Å². The molecule has 2 aliphatic rings. The highest BCUT2D eigenvalue weighted by Crippen LogP contribution is 2.39. The molecule has 1 aromatic carbocycles. The number of rotatable bonds is 2. The minimum atomic E-state index is 0.306. The van der Waals surface area contributed by atoms with Crippen molar-refractivity contribution in [2.75, 3.05) is 6.54 Å². The molecule has 2 nitrogen and oxygen atoms in total. The van der Waals surface area contributed by atoms with Crippen LogP contribution in [0.5, 0.6) is 0 Å². The molecule has 0 bridgehead atoms. The smallest absolute Gasteiger partial charge is 0.0502 e. The Kier molecular flexibility index (Phi) is 3.16. The summed E-state index contributed by atoms with van der Waals surface area (Å²) in [5, 5.41) is 0. The maximum absolute atomic E-state index is 6.43. The van der Waals surface area contributed by atoms with Gasteiger partial charge in [-0.1, -0.05) is 29.3 Å². The van der Waals surface area contributed by atoms with E-state index in [1.54, 1.807) is 0 Å². The summed E-state index contributed by atoms with van der Waals surface area (Å²) >= 11 is 0. The lowest BCUT2D eigenvalue weighted by atomic mass is 9.89. The zero-order valence-corrected chi connectivity index (χ0v) is 11.5. The third-order valence-electron chi connectivity index (χ3n) is 4.32. The Bertz CT molecular complexity index is 416. The van der Waals surface area contributed by atoms with Crippen molar-refractivity contribution in [1.29, 1.82) is 0 Å². The SMILES string of the molecule is Cc1cc(C)cc(C2C(N)CCCN2C2CC2)c1. The largest absolute Gasteiger partial charge is 0.326 e. The van der Waals surface area contributed by atoms with Gasteiger partial charge in [0, 0.05) is 12.1 Å². The molecule has 3 rings (SSSR count). The molecule has 2 unspecified atom stereocenters. The molecule has 2 N–H and O–H groups in total. The molecular formula is C16H24N2. The van der Waals surface area contributed by atoms with Crippen LogP contribution in [-0.2, 0) is 0 Å². The van der Waals surface area contributed by atoms with Crippen molar-refractivity contribution < 1.29 is 0 Å². The van der Waals surface area contributed by atoms with Crippen molar-refractivity contribution in [3.8, 4) is 0 Å². The summed E-state index contributed by atoms with van der Waals surface area (Å²) in [5.74, 6) is 0. The average molecular weight is 244 g/mol. The molecule has 2 fully saturated rings. The normalized spacial score (nSPS) is 29.5. The monoisotopic (exact) mass is 244 g/mol. The number of aryl methyl sites for hydroxylation is 2. The topological polar surface area (TPSA) is 29.3 Å². The minimum Gasteiger partial charge on any atom is -0.326 e. The molecule has 2 atom stereocenters. The lowest BCUT2D eigenvalue weighted by molar-refractivity contribution is 0.120. The molecule has 1 saturated heterocycles. The van der Waals surface area contributed by atoms with Crippen molar-refractivity contribution in [2.24, 2.45) is 5.73 Å². The van der Waals surface area contributed by atoms with E-state index >= 15 is 0 Å². The van der Waals surface area contributed by atoms with Crippen LogP contribution in [0.1, 0.15) is 48.4 Å². The Balaban J connectivity index is 1.94. The van der Waals surface area contributed by atoms with Crippen molar-refractivity contribution in [2.45, 2.75) is 57.7 Å². The van der Waals surface area contributed by atoms with Crippen molar-refractivity contribution in [3.05, 3.63) is 34.9 Å². The van der Waals surface area contributed by atoms with Crippen LogP contribution < -0.4 is 5.73 Å². The fourth-order valence-electron chi connectivity index (χ4n) is 3.49. The van der Waals surface area contributed by atoms with Gasteiger partial charge in [-0.05, 0) is 51.6 Å². The zero-order chi connectivity index (χ0) is 12.7. The van der Waals surface area contributed by atoms with Crippen LogP contribution in [-0.4, -0.2) is 23.5 Å². The first-order valence-corrected chi connectivity index (χ1v) is 7.24. The van der Waals surface area contributed by atoms with E-state index in [4.69, 9.17) is 5.73 Å². The second kappa shape index (κ2) is 4.67. The average Bonchev–Trinajstić information content (AvgIpc) is 3.10. The first kappa shape index (κ1) is 12.2. The third-order valence-corrected chi connectivity index (χ3v) is 4.32. The summed E-state index contributed by atoms with van der Waals surface area (Å²) in [7, 11) is 0. The van der Waals surface area contributed by atoms with E-state index in [0.29, 0.717) is 12.1 Å². The molecule has 1 aromatic rings. The molecule has 1 aliphatic heterocycles. The zero-order valence-electron chi connectivity index (χ0n) is 11.5. The van der Waals surface area contributed by atoms with Crippen LogP contribution >= 0.6 is 0 Å². The van der Waals surface area contributed by atoms with Gasteiger partial charge in [0.2, 0.25) is 0 Å². The molecule has 98 valence electrons. The summed E-state index contributed by atoms with van der Waals surface area (Å²) in [6.07, 6.45) is 5.17. The predicted octanol–water partition coefficient (Wildman–Crippen LogP) is 2.93. The Hall–Kier alpha value is -0.860. The highest BCUT2D eigenvalue weighted by molar-refractivity contribution is 5.32.